The van der Waals surface area contributed by atoms with Crippen LogP contribution in [0.2, 0.25) is 10.0 Å². The molecule has 106 valence electrons. The zero-order valence-electron chi connectivity index (χ0n) is 11.1. The van der Waals surface area contributed by atoms with Gasteiger partial charge in [0, 0.05) is 11.3 Å². The molecule has 0 aliphatic heterocycles. The first kappa shape index (κ1) is 13.9. The van der Waals surface area contributed by atoms with Gasteiger partial charge in [-0.3, -0.25) is 0 Å². The fraction of sp³-hybridized carbons (Fsp3) is 0.0714. The molecule has 2 N–H and O–H groups in total. The van der Waals surface area contributed by atoms with Gasteiger partial charge < -0.3 is 5.73 Å². The first-order valence-corrected chi connectivity index (χ1v) is 6.93. The van der Waals surface area contributed by atoms with E-state index in [-0.39, 0.29) is 0 Å². The molecule has 1 aromatic heterocycles. The molecule has 3 rings (SSSR count). The van der Waals surface area contributed by atoms with Crippen LogP contribution in [0.25, 0.3) is 17.1 Å². The molecular weight excluding hydrogens is 309 g/mol. The van der Waals surface area contributed by atoms with Gasteiger partial charge in [-0.2, -0.15) is 4.68 Å². The summed E-state index contributed by atoms with van der Waals surface area (Å²) in [5.41, 5.74) is 8.95. The summed E-state index contributed by atoms with van der Waals surface area (Å²) in [4.78, 5) is 0. The lowest BCUT2D eigenvalue weighted by Crippen LogP contribution is -2.02. The van der Waals surface area contributed by atoms with E-state index >= 15 is 0 Å². The summed E-state index contributed by atoms with van der Waals surface area (Å²) in [7, 11) is 0. The number of benzene rings is 2. The first-order chi connectivity index (χ1) is 10.1. The molecule has 1 heterocycles. The third kappa shape index (κ3) is 2.46. The molecule has 7 heteroatoms. The van der Waals surface area contributed by atoms with Crippen molar-refractivity contribution < 1.29 is 0 Å². The van der Waals surface area contributed by atoms with Crippen LogP contribution in [0.4, 0.5) is 5.69 Å². The molecule has 0 saturated heterocycles. The Kier molecular flexibility index (Phi) is 3.53. The molecule has 0 amide bonds. The number of nitrogen functional groups attached to an aromatic ring is 1. The van der Waals surface area contributed by atoms with Crippen molar-refractivity contribution in [3.63, 3.8) is 0 Å². The minimum Gasteiger partial charge on any atom is -0.399 e. The van der Waals surface area contributed by atoms with Gasteiger partial charge in [0.05, 0.1) is 15.7 Å². The van der Waals surface area contributed by atoms with E-state index in [9.17, 15) is 0 Å². The van der Waals surface area contributed by atoms with Crippen LogP contribution in [0.5, 0.6) is 0 Å². The van der Waals surface area contributed by atoms with E-state index in [1.54, 1.807) is 28.9 Å². The third-order valence-electron chi connectivity index (χ3n) is 3.12. The molecule has 0 fully saturated rings. The lowest BCUT2D eigenvalue weighted by Gasteiger charge is -2.09. The van der Waals surface area contributed by atoms with Crippen molar-refractivity contribution in [3.05, 3.63) is 52.0 Å². The van der Waals surface area contributed by atoms with Gasteiger partial charge in [0.15, 0.2) is 5.82 Å². The minimum atomic E-state index is 0.404. The van der Waals surface area contributed by atoms with Crippen molar-refractivity contribution in [1.29, 1.82) is 0 Å². The van der Waals surface area contributed by atoms with E-state index in [2.05, 4.69) is 15.5 Å². The molecule has 0 aliphatic rings. The van der Waals surface area contributed by atoms with E-state index in [0.29, 0.717) is 27.2 Å². The van der Waals surface area contributed by atoms with Gasteiger partial charge in [0.25, 0.3) is 0 Å². The predicted octanol–water partition coefficient (Wildman–Crippen LogP) is 3.53. The first-order valence-electron chi connectivity index (χ1n) is 6.17. The Morgan fingerprint density at radius 1 is 1.14 bits per heavy atom. The molecular formula is C14H11Cl2N5. The number of hydrogen-bond donors (Lipinski definition) is 1. The van der Waals surface area contributed by atoms with Crippen LogP contribution in [0.1, 0.15) is 5.56 Å². The summed E-state index contributed by atoms with van der Waals surface area (Å²) in [6, 6.07) is 10.9. The van der Waals surface area contributed by atoms with Crippen LogP contribution in [0, 0.1) is 6.92 Å². The predicted molar refractivity (Wildman–Crippen MR) is 83.8 cm³/mol. The average molecular weight is 320 g/mol. The van der Waals surface area contributed by atoms with Crippen molar-refractivity contribution >= 4 is 28.9 Å². The molecule has 21 heavy (non-hydrogen) atoms. The quantitative estimate of drug-likeness (QED) is 0.733. The number of nitrogens with zero attached hydrogens (tertiary/aromatic N) is 4. The zero-order chi connectivity index (χ0) is 15.0. The second-order valence-corrected chi connectivity index (χ2v) is 5.35. The highest BCUT2D eigenvalue weighted by molar-refractivity contribution is 6.43. The molecule has 0 aliphatic carbocycles. The number of hydrogen-bond acceptors (Lipinski definition) is 4. The topological polar surface area (TPSA) is 69.6 Å². The van der Waals surface area contributed by atoms with Crippen LogP contribution < -0.4 is 5.73 Å². The molecule has 0 saturated carbocycles. The van der Waals surface area contributed by atoms with Crippen molar-refractivity contribution in [1.82, 2.24) is 20.2 Å². The van der Waals surface area contributed by atoms with Crippen LogP contribution in [-0.2, 0) is 0 Å². The number of aryl methyl sites for hydroxylation is 1. The maximum atomic E-state index is 6.24. The molecule has 0 unspecified atom stereocenters. The Balaban J connectivity index is 2.20. The van der Waals surface area contributed by atoms with Crippen molar-refractivity contribution in [2.45, 2.75) is 6.92 Å². The number of nitrogens with two attached hydrogens (primary N) is 1. The lowest BCUT2D eigenvalue weighted by atomic mass is 10.1. The standard InChI is InChI=1S/C14H11Cl2N5/c1-8-7-9(17)5-6-10(8)14-18-19-20-21(14)12-4-2-3-11(15)13(12)16/h2-7H,17H2,1H3. The largest absolute Gasteiger partial charge is 0.399 e. The van der Waals surface area contributed by atoms with Crippen LogP contribution >= 0.6 is 23.2 Å². The van der Waals surface area contributed by atoms with Crippen molar-refractivity contribution in [2.75, 3.05) is 5.73 Å². The number of tetrazole rings is 1. The summed E-state index contributed by atoms with van der Waals surface area (Å²) in [5.74, 6) is 0.580. The molecule has 3 aromatic rings. The molecule has 0 atom stereocenters. The number of rotatable bonds is 2. The second kappa shape index (κ2) is 5.35. The van der Waals surface area contributed by atoms with E-state index in [4.69, 9.17) is 28.9 Å². The summed E-state index contributed by atoms with van der Waals surface area (Å²) in [6.45, 7) is 1.95. The highest BCUT2D eigenvalue weighted by atomic mass is 35.5. The Labute approximate surface area is 131 Å². The van der Waals surface area contributed by atoms with Gasteiger partial charge in [0.2, 0.25) is 0 Å². The summed E-state index contributed by atoms with van der Waals surface area (Å²) < 4.78 is 1.56. The summed E-state index contributed by atoms with van der Waals surface area (Å²) in [5, 5.41) is 12.7. The van der Waals surface area contributed by atoms with Gasteiger partial charge in [-0.05, 0) is 53.2 Å². The second-order valence-electron chi connectivity index (χ2n) is 4.56. The van der Waals surface area contributed by atoms with Crippen molar-refractivity contribution in [2.24, 2.45) is 0 Å². The Bertz CT molecular complexity index is 813. The fourth-order valence-corrected chi connectivity index (χ4v) is 2.49. The van der Waals surface area contributed by atoms with Gasteiger partial charge in [-0.25, -0.2) is 0 Å². The summed E-state index contributed by atoms with van der Waals surface area (Å²) in [6.07, 6.45) is 0. The monoisotopic (exact) mass is 319 g/mol. The van der Waals surface area contributed by atoms with Crippen LogP contribution in [-0.4, -0.2) is 20.2 Å². The molecule has 5 nitrogen and oxygen atoms in total. The minimum absolute atomic E-state index is 0.404. The molecule has 0 radical (unpaired) electrons. The average Bonchev–Trinajstić information content (AvgIpc) is 2.91. The van der Waals surface area contributed by atoms with Crippen LogP contribution in [0.3, 0.4) is 0 Å². The molecule has 0 spiro atoms. The third-order valence-corrected chi connectivity index (χ3v) is 3.93. The lowest BCUT2D eigenvalue weighted by molar-refractivity contribution is 0.791. The summed E-state index contributed by atoms with van der Waals surface area (Å²) >= 11 is 12.3. The van der Waals surface area contributed by atoms with Gasteiger partial charge >= 0.3 is 0 Å². The maximum absolute atomic E-state index is 6.24. The molecule has 0 bridgehead atoms. The van der Waals surface area contributed by atoms with Gasteiger partial charge in [-0.15, -0.1) is 5.10 Å². The normalized spacial score (nSPS) is 10.8. The zero-order valence-corrected chi connectivity index (χ0v) is 12.6. The number of anilines is 1. The Morgan fingerprint density at radius 2 is 1.95 bits per heavy atom. The van der Waals surface area contributed by atoms with E-state index in [1.807, 2.05) is 19.1 Å². The number of aromatic nitrogens is 4. The Morgan fingerprint density at radius 3 is 2.71 bits per heavy atom. The van der Waals surface area contributed by atoms with Gasteiger partial charge in [0.1, 0.15) is 0 Å². The fourth-order valence-electron chi connectivity index (χ4n) is 2.11. The van der Waals surface area contributed by atoms with E-state index in [0.717, 1.165) is 11.1 Å². The SMILES string of the molecule is Cc1cc(N)ccc1-c1nnnn1-c1cccc(Cl)c1Cl. The highest BCUT2D eigenvalue weighted by Gasteiger charge is 2.16. The smallest absolute Gasteiger partial charge is 0.187 e. The highest BCUT2D eigenvalue weighted by Crippen LogP contribution is 2.31. The number of halogens is 2. The maximum Gasteiger partial charge on any atom is 0.187 e. The van der Waals surface area contributed by atoms with E-state index < -0.39 is 0 Å². The Hall–Kier alpha value is -2.11. The van der Waals surface area contributed by atoms with E-state index in [1.165, 1.54) is 0 Å². The van der Waals surface area contributed by atoms with Gasteiger partial charge in [-0.1, -0.05) is 29.3 Å². The molecule has 2 aromatic carbocycles. The van der Waals surface area contributed by atoms with Crippen LogP contribution in [0.15, 0.2) is 36.4 Å². The van der Waals surface area contributed by atoms with Crippen molar-refractivity contribution in [3.8, 4) is 17.1 Å².